The van der Waals surface area contributed by atoms with E-state index in [9.17, 15) is 5.11 Å². The van der Waals surface area contributed by atoms with Crippen LogP contribution in [0, 0.1) is 0 Å². The fourth-order valence-electron chi connectivity index (χ4n) is 3.15. The number of hydrogen-bond donors (Lipinski definition) is 1. The van der Waals surface area contributed by atoms with Gasteiger partial charge in [0, 0.05) is 37.4 Å². The SMILES string of the molecule is OCc1cncnc1N1CCCN2CCCC2C1. The van der Waals surface area contributed by atoms with Crippen LogP contribution in [-0.4, -0.2) is 52.2 Å². The first kappa shape index (κ1) is 11.9. The van der Waals surface area contributed by atoms with Crippen LogP contribution >= 0.6 is 0 Å². The highest BCUT2D eigenvalue weighted by Gasteiger charge is 2.29. The molecule has 1 aromatic heterocycles. The van der Waals surface area contributed by atoms with E-state index in [0.717, 1.165) is 24.5 Å². The number of fused-ring (bicyclic) bond motifs is 1. The molecule has 0 spiro atoms. The summed E-state index contributed by atoms with van der Waals surface area (Å²) in [4.78, 5) is 13.3. The predicted molar refractivity (Wildman–Crippen MR) is 69.4 cm³/mol. The smallest absolute Gasteiger partial charge is 0.137 e. The van der Waals surface area contributed by atoms with Crippen molar-refractivity contribution in [3.63, 3.8) is 0 Å². The van der Waals surface area contributed by atoms with Crippen molar-refractivity contribution in [2.24, 2.45) is 0 Å². The molecule has 2 aliphatic heterocycles. The van der Waals surface area contributed by atoms with Gasteiger partial charge in [0.25, 0.3) is 0 Å². The van der Waals surface area contributed by atoms with Crippen LogP contribution in [0.15, 0.2) is 12.5 Å². The normalized spacial score (nSPS) is 24.9. The lowest BCUT2D eigenvalue weighted by molar-refractivity contribution is 0.272. The van der Waals surface area contributed by atoms with Crippen molar-refractivity contribution in [2.75, 3.05) is 31.1 Å². The van der Waals surface area contributed by atoms with Crippen molar-refractivity contribution in [3.8, 4) is 0 Å². The van der Waals surface area contributed by atoms with E-state index < -0.39 is 0 Å². The summed E-state index contributed by atoms with van der Waals surface area (Å²) in [5.41, 5.74) is 0.837. The molecule has 1 N–H and O–H groups in total. The number of anilines is 1. The van der Waals surface area contributed by atoms with Crippen LogP contribution in [0.2, 0.25) is 0 Å². The molecule has 1 aromatic rings. The highest BCUT2D eigenvalue weighted by Crippen LogP contribution is 2.25. The van der Waals surface area contributed by atoms with Crippen molar-refractivity contribution in [1.82, 2.24) is 14.9 Å². The zero-order valence-corrected chi connectivity index (χ0v) is 10.6. The zero-order chi connectivity index (χ0) is 12.4. The Balaban J connectivity index is 1.82. The predicted octanol–water partition coefficient (Wildman–Crippen LogP) is 0.643. The first-order valence-electron chi connectivity index (χ1n) is 6.77. The molecule has 1 unspecified atom stereocenters. The Morgan fingerprint density at radius 1 is 1.28 bits per heavy atom. The van der Waals surface area contributed by atoms with Crippen LogP contribution in [0.25, 0.3) is 0 Å². The van der Waals surface area contributed by atoms with Crippen molar-refractivity contribution >= 4 is 5.82 Å². The number of hydrogen-bond acceptors (Lipinski definition) is 5. The van der Waals surface area contributed by atoms with Gasteiger partial charge in [-0.15, -0.1) is 0 Å². The van der Waals surface area contributed by atoms with E-state index in [2.05, 4.69) is 19.8 Å². The van der Waals surface area contributed by atoms with Gasteiger partial charge in [-0.2, -0.15) is 0 Å². The quantitative estimate of drug-likeness (QED) is 0.832. The number of rotatable bonds is 2. The van der Waals surface area contributed by atoms with Gasteiger partial charge in [0.2, 0.25) is 0 Å². The van der Waals surface area contributed by atoms with Gasteiger partial charge in [0.15, 0.2) is 0 Å². The van der Waals surface area contributed by atoms with Crippen LogP contribution in [0.1, 0.15) is 24.8 Å². The lowest BCUT2D eigenvalue weighted by atomic mass is 10.2. The maximum Gasteiger partial charge on any atom is 0.137 e. The number of aliphatic hydroxyl groups excluding tert-OH is 1. The largest absolute Gasteiger partial charge is 0.391 e. The summed E-state index contributed by atoms with van der Waals surface area (Å²) >= 11 is 0. The minimum atomic E-state index is 0.0149. The lowest BCUT2D eigenvalue weighted by Gasteiger charge is -2.27. The topological polar surface area (TPSA) is 52.5 Å². The summed E-state index contributed by atoms with van der Waals surface area (Å²) in [5.74, 6) is 0.918. The summed E-state index contributed by atoms with van der Waals surface area (Å²) in [6, 6.07) is 0.661. The fraction of sp³-hybridized carbons (Fsp3) is 0.692. The van der Waals surface area contributed by atoms with E-state index in [1.165, 1.54) is 32.4 Å². The molecule has 0 aromatic carbocycles. The molecular formula is C13H20N4O. The second-order valence-electron chi connectivity index (χ2n) is 5.16. The average molecular weight is 248 g/mol. The Morgan fingerprint density at radius 2 is 2.17 bits per heavy atom. The molecular weight excluding hydrogens is 228 g/mol. The number of nitrogens with zero attached hydrogens (tertiary/aromatic N) is 4. The molecule has 2 fully saturated rings. The van der Waals surface area contributed by atoms with Gasteiger partial charge < -0.3 is 10.0 Å². The van der Waals surface area contributed by atoms with E-state index in [1.54, 1.807) is 12.5 Å². The molecule has 0 amide bonds. The Hall–Kier alpha value is -1.20. The monoisotopic (exact) mass is 248 g/mol. The summed E-state index contributed by atoms with van der Waals surface area (Å²) in [6.45, 7) is 4.51. The van der Waals surface area contributed by atoms with E-state index in [1.807, 2.05) is 0 Å². The first-order chi connectivity index (χ1) is 8.88. The standard InChI is InChI=1S/C13H20N4O/c18-9-11-7-14-10-15-13(11)17-6-2-5-16-4-1-3-12(16)8-17/h7,10,12,18H,1-6,8-9H2. The Bertz CT molecular complexity index is 412. The second-order valence-corrected chi connectivity index (χ2v) is 5.16. The van der Waals surface area contributed by atoms with Crippen LogP contribution in [0.5, 0.6) is 0 Å². The Kier molecular flexibility index (Phi) is 3.43. The van der Waals surface area contributed by atoms with Gasteiger partial charge in [-0.05, 0) is 25.8 Å². The van der Waals surface area contributed by atoms with Gasteiger partial charge >= 0.3 is 0 Å². The summed E-state index contributed by atoms with van der Waals surface area (Å²) < 4.78 is 0. The fourth-order valence-corrected chi connectivity index (χ4v) is 3.15. The van der Waals surface area contributed by atoms with Gasteiger partial charge in [0.1, 0.15) is 12.1 Å². The van der Waals surface area contributed by atoms with Crippen LogP contribution in [0.3, 0.4) is 0 Å². The highest BCUT2D eigenvalue weighted by molar-refractivity contribution is 5.45. The molecule has 18 heavy (non-hydrogen) atoms. The summed E-state index contributed by atoms with van der Waals surface area (Å²) in [6.07, 6.45) is 7.07. The molecule has 2 aliphatic rings. The molecule has 0 bridgehead atoms. The maximum atomic E-state index is 9.39. The molecule has 1 atom stereocenters. The summed E-state index contributed by atoms with van der Waals surface area (Å²) in [7, 11) is 0. The second kappa shape index (κ2) is 5.20. The van der Waals surface area contributed by atoms with Crippen molar-refractivity contribution in [2.45, 2.75) is 31.9 Å². The van der Waals surface area contributed by atoms with Crippen molar-refractivity contribution < 1.29 is 5.11 Å². The molecule has 0 saturated carbocycles. The van der Waals surface area contributed by atoms with E-state index >= 15 is 0 Å². The van der Waals surface area contributed by atoms with Gasteiger partial charge in [0.05, 0.1) is 6.61 Å². The maximum absolute atomic E-state index is 9.39. The highest BCUT2D eigenvalue weighted by atomic mass is 16.3. The first-order valence-corrected chi connectivity index (χ1v) is 6.77. The molecule has 0 radical (unpaired) electrons. The minimum Gasteiger partial charge on any atom is -0.391 e. The Morgan fingerprint density at radius 3 is 3.06 bits per heavy atom. The van der Waals surface area contributed by atoms with Crippen molar-refractivity contribution in [3.05, 3.63) is 18.1 Å². The minimum absolute atomic E-state index is 0.0149. The Labute approximate surface area is 107 Å². The third kappa shape index (κ3) is 2.20. The van der Waals surface area contributed by atoms with E-state index in [0.29, 0.717) is 6.04 Å². The third-order valence-corrected chi connectivity index (χ3v) is 4.04. The van der Waals surface area contributed by atoms with Gasteiger partial charge in [-0.3, -0.25) is 4.90 Å². The van der Waals surface area contributed by atoms with Crippen LogP contribution < -0.4 is 4.90 Å². The average Bonchev–Trinajstić information content (AvgIpc) is 2.76. The molecule has 98 valence electrons. The molecule has 0 aliphatic carbocycles. The van der Waals surface area contributed by atoms with E-state index in [4.69, 9.17) is 0 Å². The zero-order valence-electron chi connectivity index (χ0n) is 10.6. The van der Waals surface area contributed by atoms with Gasteiger partial charge in [-0.25, -0.2) is 9.97 Å². The lowest BCUT2D eigenvalue weighted by Crippen LogP contribution is -2.37. The molecule has 3 heterocycles. The van der Waals surface area contributed by atoms with Gasteiger partial charge in [-0.1, -0.05) is 0 Å². The molecule has 2 saturated heterocycles. The molecule has 5 heteroatoms. The van der Waals surface area contributed by atoms with Crippen LogP contribution in [-0.2, 0) is 6.61 Å². The number of aromatic nitrogens is 2. The van der Waals surface area contributed by atoms with Crippen LogP contribution in [0.4, 0.5) is 5.82 Å². The summed E-state index contributed by atoms with van der Waals surface area (Å²) in [5, 5.41) is 9.39. The third-order valence-electron chi connectivity index (χ3n) is 4.04. The molecule has 3 rings (SSSR count). The van der Waals surface area contributed by atoms with E-state index in [-0.39, 0.29) is 6.61 Å². The van der Waals surface area contributed by atoms with Crippen molar-refractivity contribution in [1.29, 1.82) is 0 Å². The number of aliphatic hydroxyl groups is 1. The molecule has 5 nitrogen and oxygen atoms in total.